The summed E-state index contributed by atoms with van der Waals surface area (Å²) in [5.74, 6) is 0. The molecule has 112 valence electrons. The Morgan fingerprint density at radius 3 is 2.48 bits per heavy atom. The number of thiophene rings is 1. The van der Waals surface area contributed by atoms with Gasteiger partial charge in [0.15, 0.2) is 0 Å². The maximum absolute atomic E-state index is 12.4. The molecule has 0 aliphatic rings. The van der Waals surface area contributed by atoms with E-state index in [1.54, 1.807) is 38.1 Å². The molecule has 8 heteroatoms. The lowest BCUT2D eigenvalue weighted by Gasteiger charge is -2.11. The summed E-state index contributed by atoms with van der Waals surface area (Å²) in [5, 5.41) is 0. The summed E-state index contributed by atoms with van der Waals surface area (Å²) in [6, 6.07) is 6.68. The van der Waals surface area contributed by atoms with E-state index < -0.39 is 10.0 Å². The molecule has 0 radical (unpaired) electrons. The Kier molecular flexibility index (Phi) is 4.57. The van der Waals surface area contributed by atoms with Crippen LogP contribution in [0, 0.1) is 13.8 Å². The maximum atomic E-state index is 12.4. The van der Waals surface area contributed by atoms with Crippen molar-refractivity contribution in [3.8, 4) is 0 Å². The molecule has 0 fully saturated rings. The van der Waals surface area contributed by atoms with Gasteiger partial charge in [-0.3, -0.25) is 4.72 Å². The molecule has 0 unspecified atom stereocenters. The van der Waals surface area contributed by atoms with Crippen LogP contribution in [-0.2, 0) is 10.0 Å². The highest BCUT2D eigenvalue weighted by atomic mass is 35.5. The molecule has 3 N–H and O–H groups in total. The molecule has 1 heterocycles. The van der Waals surface area contributed by atoms with E-state index in [9.17, 15) is 8.42 Å². The molecular weight excluding hydrogens is 348 g/mol. The molecule has 21 heavy (non-hydrogen) atoms. The largest absolute Gasteiger partial charge is 0.389 e. The van der Waals surface area contributed by atoms with Crippen LogP contribution in [0.4, 0.5) is 5.69 Å². The number of sulfonamides is 1. The highest BCUT2D eigenvalue weighted by Gasteiger charge is 2.19. The van der Waals surface area contributed by atoms with Gasteiger partial charge in [-0.25, -0.2) is 8.42 Å². The average molecular weight is 361 g/mol. The van der Waals surface area contributed by atoms with Gasteiger partial charge in [0.25, 0.3) is 10.0 Å². The number of rotatable bonds is 4. The van der Waals surface area contributed by atoms with Gasteiger partial charge < -0.3 is 5.73 Å². The third kappa shape index (κ3) is 3.55. The smallest absolute Gasteiger partial charge is 0.271 e. The summed E-state index contributed by atoms with van der Waals surface area (Å²) < 4.78 is 27.9. The van der Waals surface area contributed by atoms with Crippen LogP contribution in [-0.4, -0.2) is 13.4 Å². The van der Waals surface area contributed by atoms with E-state index in [2.05, 4.69) is 4.72 Å². The summed E-state index contributed by atoms with van der Waals surface area (Å²) in [5.41, 5.74) is 8.13. The van der Waals surface area contributed by atoms with E-state index >= 15 is 0 Å². The number of hydrogen-bond donors (Lipinski definition) is 2. The zero-order valence-electron chi connectivity index (χ0n) is 11.3. The Bertz CT molecular complexity index is 793. The van der Waals surface area contributed by atoms with Gasteiger partial charge in [-0.05, 0) is 37.1 Å². The van der Waals surface area contributed by atoms with Crippen LogP contribution in [0.1, 0.15) is 16.7 Å². The minimum atomic E-state index is -3.68. The van der Waals surface area contributed by atoms with Gasteiger partial charge in [-0.15, -0.1) is 11.3 Å². The summed E-state index contributed by atoms with van der Waals surface area (Å²) in [7, 11) is -3.68. The maximum Gasteiger partial charge on any atom is 0.271 e. The minimum absolute atomic E-state index is 0.171. The standard InChI is InChI=1S/C13H13ClN2O2S3/c1-7-3-4-9(13(15)19)6-10(7)16-21(17,18)11-5-8(2)12(14)20-11/h3-6,16H,1-2H3,(H2,15,19). The lowest BCUT2D eigenvalue weighted by molar-refractivity contribution is 0.603. The Hall–Kier alpha value is -1.15. The Morgan fingerprint density at radius 2 is 1.95 bits per heavy atom. The first kappa shape index (κ1) is 16.2. The Labute approximate surface area is 138 Å². The van der Waals surface area contributed by atoms with Crippen molar-refractivity contribution in [2.24, 2.45) is 5.73 Å². The van der Waals surface area contributed by atoms with E-state index in [4.69, 9.17) is 29.6 Å². The highest BCUT2D eigenvalue weighted by Crippen LogP contribution is 2.31. The molecular formula is C13H13ClN2O2S3. The van der Waals surface area contributed by atoms with Crippen molar-refractivity contribution < 1.29 is 8.42 Å². The molecule has 0 aliphatic carbocycles. The van der Waals surface area contributed by atoms with Crippen LogP contribution in [0.15, 0.2) is 28.5 Å². The third-order valence-electron chi connectivity index (χ3n) is 2.87. The van der Waals surface area contributed by atoms with Gasteiger partial charge >= 0.3 is 0 Å². The monoisotopic (exact) mass is 360 g/mol. The molecule has 2 rings (SSSR count). The van der Waals surface area contributed by atoms with Crippen LogP contribution < -0.4 is 10.5 Å². The van der Waals surface area contributed by atoms with E-state index in [-0.39, 0.29) is 9.20 Å². The van der Waals surface area contributed by atoms with Crippen LogP contribution >= 0.6 is 35.2 Å². The van der Waals surface area contributed by atoms with Gasteiger partial charge in [0.05, 0.1) is 10.0 Å². The van der Waals surface area contributed by atoms with E-state index in [0.717, 1.165) is 22.5 Å². The zero-order chi connectivity index (χ0) is 15.8. The van der Waals surface area contributed by atoms with Crippen LogP contribution in [0.3, 0.4) is 0 Å². The summed E-state index contributed by atoms with van der Waals surface area (Å²) in [4.78, 5) is 0.213. The quantitative estimate of drug-likeness (QED) is 0.819. The second-order valence-corrected chi connectivity index (χ2v) is 8.52. The number of thiocarbonyl (C=S) groups is 1. The van der Waals surface area contributed by atoms with Crippen LogP contribution in [0.25, 0.3) is 0 Å². The number of nitrogens with two attached hydrogens (primary N) is 1. The minimum Gasteiger partial charge on any atom is -0.389 e. The summed E-state index contributed by atoms with van der Waals surface area (Å²) in [6.45, 7) is 3.56. The van der Waals surface area contributed by atoms with Gasteiger partial charge in [0.1, 0.15) is 9.20 Å². The summed E-state index contributed by atoms with van der Waals surface area (Å²) in [6.07, 6.45) is 0. The predicted octanol–water partition coefficient (Wildman–Crippen LogP) is 3.45. The van der Waals surface area contributed by atoms with Gasteiger partial charge in [-0.1, -0.05) is 36.0 Å². The fraction of sp³-hybridized carbons (Fsp3) is 0.154. The molecule has 2 aromatic rings. The van der Waals surface area contributed by atoms with E-state index in [0.29, 0.717) is 15.6 Å². The predicted molar refractivity (Wildman–Crippen MR) is 91.9 cm³/mol. The van der Waals surface area contributed by atoms with Gasteiger partial charge in [-0.2, -0.15) is 0 Å². The van der Waals surface area contributed by atoms with Crippen LogP contribution in [0.2, 0.25) is 4.34 Å². The Morgan fingerprint density at radius 1 is 1.29 bits per heavy atom. The molecule has 1 aromatic heterocycles. The summed E-state index contributed by atoms with van der Waals surface area (Å²) >= 11 is 11.9. The average Bonchev–Trinajstić information content (AvgIpc) is 2.73. The van der Waals surface area contributed by atoms with Crippen molar-refractivity contribution in [2.75, 3.05) is 4.72 Å². The molecule has 0 bridgehead atoms. The fourth-order valence-electron chi connectivity index (χ4n) is 1.64. The third-order valence-corrected chi connectivity index (χ3v) is 6.50. The number of benzene rings is 1. The SMILES string of the molecule is Cc1ccc(C(N)=S)cc1NS(=O)(=O)c1cc(C)c(Cl)s1. The first-order valence-corrected chi connectivity index (χ1v) is 8.98. The first-order valence-electron chi connectivity index (χ1n) is 5.90. The molecule has 0 spiro atoms. The number of aryl methyl sites for hydroxylation is 2. The lowest BCUT2D eigenvalue weighted by Crippen LogP contribution is -2.14. The highest BCUT2D eigenvalue weighted by molar-refractivity contribution is 7.94. The van der Waals surface area contributed by atoms with Crippen molar-refractivity contribution in [1.82, 2.24) is 0 Å². The second-order valence-electron chi connectivity index (χ2n) is 4.52. The van der Waals surface area contributed by atoms with E-state index in [1.807, 2.05) is 0 Å². The fourth-order valence-corrected chi connectivity index (χ4v) is 4.60. The van der Waals surface area contributed by atoms with Crippen molar-refractivity contribution in [1.29, 1.82) is 0 Å². The molecule has 4 nitrogen and oxygen atoms in total. The van der Waals surface area contributed by atoms with E-state index in [1.165, 1.54) is 0 Å². The number of nitrogens with one attached hydrogen (secondary N) is 1. The van der Waals surface area contributed by atoms with Crippen molar-refractivity contribution in [3.05, 3.63) is 45.3 Å². The zero-order valence-corrected chi connectivity index (χ0v) is 14.5. The number of halogens is 1. The normalized spacial score (nSPS) is 11.4. The van der Waals surface area contributed by atoms with Gasteiger partial charge in [0.2, 0.25) is 0 Å². The number of anilines is 1. The molecule has 0 saturated heterocycles. The molecule has 0 atom stereocenters. The molecule has 1 aromatic carbocycles. The lowest BCUT2D eigenvalue weighted by atomic mass is 10.1. The Balaban J connectivity index is 2.41. The molecule has 0 saturated carbocycles. The van der Waals surface area contributed by atoms with Crippen LogP contribution in [0.5, 0.6) is 0 Å². The molecule has 0 aliphatic heterocycles. The van der Waals surface area contributed by atoms with Crippen molar-refractivity contribution in [2.45, 2.75) is 18.1 Å². The van der Waals surface area contributed by atoms with Crippen molar-refractivity contribution in [3.63, 3.8) is 0 Å². The number of hydrogen-bond acceptors (Lipinski definition) is 4. The first-order chi connectivity index (χ1) is 9.70. The second kappa shape index (κ2) is 5.92. The van der Waals surface area contributed by atoms with Gasteiger partial charge in [0, 0.05) is 5.56 Å². The molecule has 0 amide bonds. The topological polar surface area (TPSA) is 72.2 Å². The van der Waals surface area contributed by atoms with Crippen molar-refractivity contribution >= 4 is 55.9 Å².